The maximum Gasteiger partial charge on any atom is 0.407 e. The summed E-state index contributed by atoms with van der Waals surface area (Å²) < 4.78 is 5.32. The zero-order chi connectivity index (χ0) is 20.8. The van der Waals surface area contributed by atoms with Gasteiger partial charge < -0.3 is 21.1 Å². The van der Waals surface area contributed by atoms with Crippen LogP contribution in [0.2, 0.25) is 0 Å². The van der Waals surface area contributed by atoms with Crippen molar-refractivity contribution in [3.05, 3.63) is 46.6 Å². The van der Waals surface area contributed by atoms with Crippen LogP contribution >= 0.6 is 11.3 Å². The summed E-state index contributed by atoms with van der Waals surface area (Å²) in [6, 6.07) is 3.74. The lowest BCUT2D eigenvalue weighted by atomic mass is 9.89. The molecule has 2 aromatic rings. The number of hydrogen-bond acceptors (Lipinski definition) is 6. The van der Waals surface area contributed by atoms with E-state index in [9.17, 15) is 9.59 Å². The Morgan fingerprint density at radius 3 is 3.00 bits per heavy atom. The Balaban J connectivity index is 1.57. The fraction of sp³-hybridized carbons (Fsp3) is 0.381. The SMILES string of the molecule is CC(C)NC(=O)OCC1CCc2c(sc(NC(=O)/C=C/c3cccnc3)c2N)C1. The van der Waals surface area contributed by atoms with E-state index in [4.69, 9.17) is 10.5 Å². The van der Waals surface area contributed by atoms with E-state index >= 15 is 0 Å². The number of nitrogens with zero attached hydrogens (tertiary/aromatic N) is 1. The number of nitrogens with two attached hydrogens (primary N) is 1. The zero-order valence-electron chi connectivity index (χ0n) is 16.6. The number of carbonyl (C=O) groups excluding carboxylic acids is 2. The van der Waals surface area contributed by atoms with Crippen LogP contribution in [0.3, 0.4) is 0 Å². The van der Waals surface area contributed by atoms with E-state index in [-0.39, 0.29) is 24.0 Å². The molecule has 7 nitrogen and oxygen atoms in total. The van der Waals surface area contributed by atoms with Gasteiger partial charge in [0.05, 0.1) is 12.3 Å². The van der Waals surface area contributed by atoms with Crippen LogP contribution in [0.1, 0.15) is 36.3 Å². The van der Waals surface area contributed by atoms with E-state index in [2.05, 4.69) is 15.6 Å². The number of nitrogens with one attached hydrogen (secondary N) is 2. The van der Waals surface area contributed by atoms with E-state index < -0.39 is 0 Å². The molecule has 0 spiro atoms. The van der Waals surface area contributed by atoms with Crippen molar-refractivity contribution in [3.8, 4) is 0 Å². The summed E-state index contributed by atoms with van der Waals surface area (Å²) in [5.74, 6) is 0.0249. The Kier molecular flexibility index (Phi) is 6.87. The summed E-state index contributed by atoms with van der Waals surface area (Å²) in [6.45, 7) is 4.17. The van der Waals surface area contributed by atoms with Crippen molar-refractivity contribution >= 4 is 40.1 Å². The van der Waals surface area contributed by atoms with Gasteiger partial charge in [-0.25, -0.2) is 4.79 Å². The molecule has 4 N–H and O–H groups in total. The highest BCUT2D eigenvalue weighted by molar-refractivity contribution is 7.17. The number of ether oxygens (including phenoxy) is 1. The molecule has 2 heterocycles. The van der Waals surface area contributed by atoms with Gasteiger partial charge in [-0.2, -0.15) is 0 Å². The molecule has 0 radical (unpaired) electrons. The number of thiophene rings is 1. The third kappa shape index (κ3) is 5.80. The highest BCUT2D eigenvalue weighted by Gasteiger charge is 2.26. The summed E-state index contributed by atoms with van der Waals surface area (Å²) in [4.78, 5) is 29.1. The summed E-state index contributed by atoms with van der Waals surface area (Å²) in [5, 5.41) is 6.28. The Morgan fingerprint density at radius 2 is 2.28 bits per heavy atom. The van der Waals surface area contributed by atoms with Crippen LogP contribution in [0.25, 0.3) is 6.08 Å². The van der Waals surface area contributed by atoms with E-state index in [1.807, 2.05) is 26.0 Å². The minimum Gasteiger partial charge on any atom is -0.449 e. The first-order valence-corrected chi connectivity index (χ1v) is 10.5. The van der Waals surface area contributed by atoms with Crippen molar-refractivity contribution in [2.75, 3.05) is 17.7 Å². The van der Waals surface area contributed by atoms with Crippen LogP contribution in [0.15, 0.2) is 30.6 Å². The first-order chi connectivity index (χ1) is 13.9. The molecule has 1 aliphatic carbocycles. The second-order valence-electron chi connectivity index (χ2n) is 7.36. The minimum absolute atomic E-state index is 0.0518. The van der Waals surface area contributed by atoms with Gasteiger partial charge in [-0.3, -0.25) is 9.78 Å². The van der Waals surface area contributed by atoms with Gasteiger partial charge in [-0.15, -0.1) is 11.3 Å². The number of alkyl carbamates (subject to hydrolysis) is 1. The van der Waals surface area contributed by atoms with E-state index in [1.165, 1.54) is 17.4 Å². The number of anilines is 2. The standard InChI is InChI=1S/C21H26N4O3S/c1-13(2)24-21(27)28-12-15-5-7-16-17(10-15)29-20(19(16)22)25-18(26)8-6-14-4-3-9-23-11-14/h3-4,6,8-9,11,13,15H,5,7,10,12,22H2,1-2H3,(H,24,27)(H,25,26)/b8-6+. The van der Waals surface area contributed by atoms with Gasteiger partial charge in [0, 0.05) is 29.4 Å². The average Bonchev–Trinajstić information content (AvgIpc) is 3.00. The third-order valence-electron chi connectivity index (χ3n) is 4.61. The largest absolute Gasteiger partial charge is 0.449 e. The lowest BCUT2D eigenvalue weighted by Gasteiger charge is -2.22. The van der Waals surface area contributed by atoms with Crippen molar-refractivity contribution < 1.29 is 14.3 Å². The van der Waals surface area contributed by atoms with Crippen molar-refractivity contribution in [2.24, 2.45) is 5.92 Å². The quantitative estimate of drug-likeness (QED) is 0.626. The summed E-state index contributed by atoms with van der Waals surface area (Å²) in [7, 11) is 0. The summed E-state index contributed by atoms with van der Waals surface area (Å²) >= 11 is 1.50. The number of carbonyl (C=O) groups is 2. The number of nitrogen functional groups attached to an aromatic ring is 1. The first kappa shape index (κ1) is 20.9. The van der Waals surface area contributed by atoms with Gasteiger partial charge in [0.25, 0.3) is 0 Å². The van der Waals surface area contributed by atoms with Crippen molar-refractivity contribution in [1.82, 2.24) is 10.3 Å². The van der Waals surface area contributed by atoms with E-state index in [1.54, 1.807) is 18.5 Å². The smallest absolute Gasteiger partial charge is 0.407 e. The summed E-state index contributed by atoms with van der Waals surface area (Å²) in [5.41, 5.74) is 8.87. The molecule has 2 aromatic heterocycles. The van der Waals surface area contributed by atoms with Crippen LogP contribution in [0.5, 0.6) is 0 Å². The maximum absolute atomic E-state index is 12.2. The molecule has 0 aliphatic heterocycles. The molecule has 154 valence electrons. The molecule has 0 bridgehead atoms. The Morgan fingerprint density at radius 1 is 1.45 bits per heavy atom. The molecule has 1 unspecified atom stereocenters. The van der Waals surface area contributed by atoms with Crippen LogP contribution in [0, 0.1) is 5.92 Å². The highest BCUT2D eigenvalue weighted by atomic mass is 32.1. The number of hydrogen-bond donors (Lipinski definition) is 3. The van der Waals surface area contributed by atoms with Crippen LogP contribution in [0.4, 0.5) is 15.5 Å². The number of rotatable bonds is 6. The monoisotopic (exact) mass is 414 g/mol. The molecule has 2 amide bonds. The van der Waals surface area contributed by atoms with E-state index in [0.29, 0.717) is 17.3 Å². The van der Waals surface area contributed by atoms with Gasteiger partial charge >= 0.3 is 6.09 Å². The maximum atomic E-state index is 12.2. The number of fused-ring (bicyclic) bond motifs is 1. The molecule has 0 saturated heterocycles. The normalized spacial score (nSPS) is 15.9. The van der Waals surface area contributed by atoms with Gasteiger partial charge in [-0.1, -0.05) is 6.07 Å². The zero-order valence-corrected chi connectivity index (χ0v) is 17.4. The van der Waals surface area contributed by atoms with Crippen molar-refractivity contribution in [3.63, 3.8) is 0 Å². The topological polar surface area (TPSA) is 106 Å². The fourth-order valence-electron chi connectivity index (χ4n) is 3.18. The molecule has 3 rings (SSSR count). The fourth-order valence-corrected chi connectivity index (χ4v) is 4.47. The van der Waals surface area contributed by atoms with Gasteiger partial charge in [0.15, 0.2) is 0 Å². The Labute approximate surface area is 174 Å². The second kappa shape index (κ2) is 9.56. The predicted molar refractivity (Wildman–Crippen MR) is 116 cm³/mol. The molecule has 0 fully saturated rings. The number of pyridine rings is 1. The van der Waals surface area contributed by atoms with Gasteiger partial charge in [0.1, 0.15) is 5.00 Å². The lowest BCUT2D eigenvalue weighted by Crippen LogP contribution is -2.32. The minimum atomic E-state index is -0.384. The van der Waals surface area contributed by atoms with Gasteiger partial charge in [0.2, 0.25) is 5.91 Å². The van der Waals surface area contributed by atoms with E-state index in [0.717, 1.165) is 35.3 Å². The van der Waals surface area contributed by atoms with Crippen molar-refractivity contribution in [2.45, 2.75) is 39.2 Å². The summed E-state index contributed by atoms with van der Waals surface area (Å²) in [6.07, 6.45) is 8.68. The Hall–Kier alpha value is -2.87. The molecule has 1 aliphatic rings. The van der Waals surface area contributed by atoms with Crippen molar-refractivity contribution in [1.29, 1.82) is 0 Å². The number of amides is 2. The molecule has 1 atom stereocenters. The third-order valence-corrected chi connectivity index (χ3v) is 5.80. The molecular formula is C21H26N4O3S. The second-order valence-corrected chi connectivity index (χ2v) is 8.47. The average molecular weight is 415 g/mol. The van der Waals surface area contributed by atoms with Crippen LogP contribution in [-0.4, -0.2) is 29.6 Å². The molecule has 8 heteroatoms. The van der Waals surface area contributed by atoms with Crippen LogP contribution in [-0.2, 0) is 22.4 Å². The molecule has 29 heavy (non-hydrogen) atoms. The Bertz CT molecular complexity index is 893. The number of aromatic nitrogens is 1. The lowest BCUT2D eigenvalue weighted by molar-refractivity contribution is -0.111. The molecule has 0 saturated carbocycles. The first-order valence-electron chi connectivity index (χ1n) is 9.64. The molecule has 0 aromatic carbocycles. The molecular weight excluding hydrogens is 388 g/mol. The van der Waals surface area contributed by atoms with Crippen LogP contribution < -0.4 is 16.4 Å². The predicted octanol–water partition coefficient (Wildman–Crippen LogP) is 3.62. The van der Waals surface area contributed by atoms with Gasteiger partial charge in [-0.05, 0) is 62.3 Å². The highest BCUT2D eigenvalue weighted by Crippen LogP contribution is 2.41.